The number of nitrogens with zero attached hydrogens (tertiary/aromatic N) is 4. The predicted octanol–water partition coefficient (Wildman–Crippen LogP) is 8.76. The zero-order valence-electron chi connectivity index (χ0n) is 41.1. The smallest absolute Gasteiger partial charge is 0.246 e. The molecule has 0 atom stereocenters. The van der Waals surface area contributed by atoms with Gasteiger partial charge in [-0.25, -0.2) is 0 Å². The second-order valence-electron chi connectivity index (χ2n) is 17.5. The van der Waals surface area contributed by atoms with Crippen molar-refractivity contribution >= 4 is 24.0 Å². The van der Waals surface area contributed by atoms with Crippen LogP contribution in [0, 0.1) is 0 Å². The van der Waals surface area contributed by atoms with E-state index in [2.05, 4.69) is 58.3 Å². The normalized spacial score (nSPS) is 15.5. The summed E-state index contributed by atoms with van der Waals surface area (Å²) in [4.78, 5) is 34.5. The number of methoxy groups -OCH3 is 4. The largest absolute Gasteiger partial charge is 0.497 e. The van der Waals surface area contributed by atoms with Gasteiger partial charge in [0.2, 0.25) is 25.4 Å². The van der Waals surface area contributed by atoms with Crippen LogP contribution >= 0.6 is 0 Å². The van der Waals surface area contributed by atoms with Crippen LogP contribution in [0.2, 0.25) is 0 Å². The molecule has 0 radical (unpaired) electrons. The zero-order chi connectivity index (χ0) is 49.8. The van der Waals surface area contributed by atoms with Crippen LogP contribution in [-0.4, -0.2) is 126 Å². The molecule has 372 valence electrons. The molecule has 0 N–H and O–H groups in total. The molecule has 14 heteroatoms. The molecule has 2 amide bonds. The Morgan fingerprint density at radius 3 is 0.986 bits per heavy atom. The van der Waals surface area contributed by atoms with Crippen molar-refractivity contribution in [3.63, 3.8) is 0 Å². The molecule has 0 saturated carbocycles. The average Bonchev–Trinajstić information content (AvgIpc) is 4.13. The number of hydrogen-bond donors (Lipinski definition) is 0. The van der Waals surface area contributed by atoms with Gasteiger partial charge >= 0.3 is 0 Å². The molecule has 14 nitrogen and oxygen atoms in total. The average molecular weight is 973 g/mol. The molecule has 0 aromatic heterocycles. The summed E-state index contributed by atoms with van der Waals surface area (Å²) in [5.41, 5.74) is 6.55. The fourth-order valence-electron chi connectivity index (χ4n) is 9.35. The Balaban J connectivity index is 0.000000178. The van der Waals surface area contributed by atoms with Gasteiger partial charge in [0.15, 0.2) is 23.0 Å². The highest BCUT2D eigenvalue weighted by Crippen LogP contribution is 2.36. The summed E-state index contributed by atoms with van der Waals surface area (Å²) in [6.07, 6.45) is 6.93. The Morgan fingerprint density at radius 2 is 0.694 bits per heavy atom. The van der Waals surface area contributed by atoms with Gasteiger partial charge < -0.3 is 47.7 Å². The number of benzene rings is 6. The van der Waals surface area contributed by atoms with Gasteiger partial charge in [0, 0.05) is 64.5 Å². The lowest BCUT2D eigenvalue weighted by atomic mass is 9.96. The van der Waals surface area contributed by atoms with E-state index >= 15 is 0 Å². The Hall–Kier alpha value is -7.94. The third kappa shape index (κ3) is 11.8. The quantitative estimate of drug-likeness (QED) is 0.0971. The summed E-state index contributed by atoms with van der Waals surface area (Å²) >= 11 is 0. The second-order valence-corrected chi connectivity index (χ2v) is 17.5. The molecule has 6 aromatic rings. The van der Waals surface area contributed by atoms with Gasteiger partial charge in [-0.15, -0.1) is 0 Å². The molecule has 4 heterocycles. The van der Waals surface area contributed by atoms with E-state index in [0.717, 1.165) is 71.8 Å². The van der Waals surface area contributed by atoms with Gasteiger partial charge in [-0.05, 0) is 118 Å². The van der Waals surface area contributed by atoms with Crippen molar-refractivity contribution in [1.82, 2.24) is 19.6 Å². The highest BCUT2D eigenvalue weighted by Gasteiger charge is 2.30. The van der Waals surface area contributed by atoms with E-state index in [4.69, 9.17) is 37.9 Å². The summed E-state index contributed by atoms with van der Waals surface area (Å²) in [6, 6.07) is 44.3. The van der Waals surface area contributed by atoms with Crippen LogP contribution in [0.25, 0.3) is 12.2 Å². The van der Waals surface area contributed by atoms with Crippen molar-refractivity contribution in [2.45, 2.75) is 12.1 Å². The first-order valence-electron chi connectivity index (χ1n) is 24.1. The minimum atomic E-state index is 0.0118. The second kappa shape index (κ2) is 23.3. The lowest BCUT2D eigenvalue weighted by Crippen LogP contribution is -2.49. The van der Waals surface area contributed by atoms with Crippen LogP contribution in [0.5, 0.6) is 46.0 Å². The maximum Gasteiger partial charge on any atom is 0.246 e. The number of carbonyl (C=O) groups is 2. The van der Waals surface area contributed by atoms with E-state index < -0.39 is 0 Å². The molecular weight excluding hydrogens is 913 g/mol. The van der Waals surface area contributed by atoms with E-state index in [9.17, 15) is 9.59 Å². The van der Waals surface area contributed by atoms with Crippen LogP contribution in [0.15, 0.2) is 146 Å². The van der Waals surface area contributed by atoms with Crippen molar-refractivity contribution < 1.29 is 47.5 Å². The number of hydrogen-bond acceptors (Lipinski definition) is 12. The van der Waals surface area contributed by atoms with E-state index in [1.54, 1.807) is 40.6 Å². The van der Waals surface area contributed by atoms with Gasteiger partial charge in [0.25, 0.3) is 0 Å². The van der Waals surface area contributed by atoms with E-state index in [1.807, 2.05) is 107 Å². The van der Waals surface area contributed by atoms with Crippen LogP contribution in [0.3, 0.4) is 0 Å². The minimum absolute atomic E-state index is 0.0118. The van der Waals surface area contributed by atoms with E-state index in [1.165, 1.54) is 22.3 Å². The number of rotatable bonds is 14. The molecule has 2 fully saturated rings. The number of fused-ring (bicyclic) bond motifs is 2. The monoisotopic (exact) mass is 972 g/mol. The Bertz CT molecular complexity index is 2530. The first kappa shape index (κ1) is 49.1. The fourth-order valence-corrected chi connectivity index (χ4v) is 9.35. The Labute approximate surface area is 421 Å². The fraction of sp³-hybridized carbons (Fsp3) is 0.276. The van der Waals surface area contributed by atoms with Crippen molar-refractivity contribution in [2.24, 2.45) is 0 Å². The lowest BCUT2D eigenvalue weighted by Gasteiger charge is -2.39. The molecule has 4 aliphatic rings. The van der Waals surface area contributed by atoms with E-state index in [0.29, 0.717) is 37.7 Å². The first-order valence-corrected chi connectivity index (χ1v) is 24.1. The van der Waals surface area contributed by atoms with Crippen molar-refractivity contribution in [3.05, 3.63) is 179 Å². The van der Waals surface area contributed by atoms with Gasteiger partial charge in [-0.1, -0.05) is 60.7 Å². The minimum Gasteiger partial charge on any atom is -0.497 e. The maximum atomic E-state index is 12.9. The van der Waals surface area contributed by atoms with E-state index in [-0.39, 0.29) is 37.5 Å². The Kier molecular flexibility index (Phi) is 15.9. The van der Waals surface area contributed by atoms with Crippen molar-refractivity contribution in [1.29, 1.82) is 0 Å². The van der Waals surface area contributed by atoms with Gasteiger partial charge in [0.1, 0.15) is 23.0 Å². The molecule has 0 aliphatic carbocycles. The number of piperazine rings is 2. The van der Waals surface area contributed by atoms with Gasteiger partial charge in [-0.3, -0.25) is 19.4 Å². The highest BCUT2D eigenvalue weighted by atomic mass is 16.7. The summed E-state index contributed by atoms with van der Waals surface area (Å²) < 4.78 is 43.0. The van der Waals surface area contributed by atoms with Gasteiger partial charge in [0.05, 0.1) is 40.5 Å². The maximum absolute atomic E-state index is 12.9. The van der Waals surface area contributed by atoms with Crippen LogP contribution < -0.4 is 37.9 Å². The summed E-state index contributed by atoms with van der Waals surface area (Å²) in [5, 5.41) is 0. The highest BCUT2D eigenvalue weighted by molar-refractivity contribution is 5.92. The van der Waals surface area contributed by atoms with Crippen molar-refractivity contribution in [3.8, 4) is 46.0 Å². The number of ether oxygens (including phenoxy) is 8. The molecule has 4 aliphatic heterocycles. The van der Waals surface area contributed by atoms with Crippen LogP contribution in [0.4, 0.5) is 0 Å². The molecule has 0 bridgehead atoms. The zero-order valence-corrected chi connectivity index (χ0v) is 41.1. The third-order valence-electron chi connectivity index (χ3n) is 13.3. The third-order valence-corrected chi connectivity index (χ3v) is 13.3. The SMILES string of the molecule is COc1ccc(C(c2ccc(OC)cc2)N2CCN(C(=O)/C=C/c3ccc4c(c3)OCO4)CC2)cc1.COc1ccc(C(c2ccc(OC)cc2)N2CCN(C(=O)/C=C/c3ccc4c(c3)OCO4)CC2)cc1. The lowest BCUT2D eigenvalue weighted by molar-refractivity contribution is -0.128. The molecule has 10 rings (SSSR count). The predicted molar refractivity (Wildman–Crippen MR) is 275 cm³/mol. The molecular formula is C58H60N4O10. The summed E-state index contributed by atoms with van der Waals surface area (Å²) in [7, 11) is 6.70. The topological polar surface area (TPSA) is 121 Å². The molecule has 0 spiro atoms. The van der Waals surface area contributed by atoms with Crippen LogP contribution in [0.1, 0.15) is 45.5 Å². The summed E-state index contributed by atoms with van der Waals surface area (Å²) in [5.74, 6) is 6.23. The Morgan fingerprint density at radius 1 is 0.403 bits per heavy atom. The van der Waals surface area contributed by atoms with Crippen LogP contribution in [-0.2, 0) is 9.59 Å². The number of amides is 2. The first-order chi connectivity index (χ1) is 35.3. The van der Waals surface area contributed by atoms with Gasteiger partial charge in [-0.2, -0.15) is 0 Å². The molecule has 72 heavy (non-hydrogen) atoms. The molecule has 6 aromatic carbocycles. The summed E-state index contributed by atoms with van der Waals surface area (Å²) in [6.45, 7) is 6.19. The van der Waals surface area contributed by atoms with Crippen molar-refractivity contribution in [2.75, 3.05) is 94.4 Å². The standard InChI is InChI=1S/2C29H30N2O5/c2*1-33-24-9-5-22(6-10-24)29(23-7-11-25(34-2)12-8-23)31-17-15-30(16-18-31)28(32)14-4-21-3-13-26-27(19-21)36-20-35-26/h2*3-14,19,29H,15-18,20H2,1-2H3/b2*14-4+. The number of carbonyl (C=O) groups excluding carboxylic acids is 2. The molecule has 2 saturated heterocycles. The molecule has 0 unspecified atom stereocenters.